The second kappa shape index (κ2) is 5.91. The van der Waals surface area contributed by atoms with Crippen LogP contribution in [0.1, 0.15) is 13.8 Å². The Bertz CT molecular complexity index is 269. The van der Waals surface area contributed by atoms with Crippen molar-refractivity contribution in [2.24, 2.45) is 5.92 Å². The minimum absolute atomic E-state index is 0.832. The smallest absolute Gasteiger partial charge is 0.272 e. The van der Waals surface area contributed by atoms with E-state index >= 15 is 0 Å². The molecule has 0 spiro atoms. The monoisotopic (exact) mass is 246 g/mol. The first-order chi connectivity index (χ1) is 7.20. The zero-order chi connectivity index (χ0) is 13.0. The molecule has 16 heavy (non-hydrogen) atoms. The van der Waals surface area contributed by atoms with Crippen molar-refractivity contribution in [2.45, 2.75) is 38.8 Å². The van der Waals surface area contributed by atoms with Crippen molar-refractivity contribution in [1.29, 1.82) is 0 Å². The van der Waals surface area contributed by atoms with E-state index in [4.69, 9.17) is 0 Å². The summed E-state index contributed by atoms with van der Waals surface area (Å²) in [6.45, 7) is 1.68. The molecule has 0 aromatic rings. The van der Waals surface area contributed by atoms with E-state index in [1.807, 2.05) is 0 Å². The molecule has 0 aliphatic rings. The van der Waals surface area contributed by atoms with Crippen molar-refractivity contribution < 1.29 is 31.5 Å². The molecule has 0 fully saturated rings. The van der Waals surface area contributed by atoms with Crippen molar-refractivity contribution >= 4 is 11.6 Å². The van der Waals surface area contributed by atoms with Crippen molar-refractivity contribution in [2.75, 3.05) is 0 Å². The topological polar surface area (TPSA) is 34.1 Å². The van der Waals surface area contributed by atoms with E-state index in [2.05, 4.69) is 0 Å². The van der Waals surface area contributed by atoms with Crippen LogP contribution in [0.15, 0.2) is 0 Å². The lowest BCUT2D eigenvalue weighted by Crippen LogP contribution is -2.40. The van der Waals surface area contributed by atoms with Crippen molar-refractivity contribution in [3.05, 3.63) is 0 Å². The molecule has 7 heteroatoms. The summed E-state index contributed by atoms with van der Waals surface area (Å²) >= 11 is 0. The number of carbonyl (C=O) groups is 2. The molecule has 0 heterocycles. The SMILES string of the molecule is CC(=O)C(=O)C(C)C(F)C(F)C(F)C(F)F. The molecular weight excluding hydrogens is 235 g/mol. The van der Waals surface area contributed by atoms with Crippen LogP contribution in [0, 0.1) is 5.92 Å². The molecule has 0 bridgehead atoms. The highest BCUT2D eigenvalue weighted by atomic mass is 19.3. The largest absolute Gasteiger partial charge is 0.291 e. The lowest BCUT2D eigenvalue weighted by molar-refractivity contribution is -0.140. The van der Waals surface area contributed by atoms with Gasteiger partial charge in [0.25, 0.3) is 6.43 Å². The van der Waals surface area contributed by atoms with E-state index < -0.39 is 42.4 Å². The molecule has 0 saturated carbocycles. The number of ketones is 2. The van der Waals surface area contributed by atoms with Gasteiger partial charge in [0.15, 0.2) is 18.1 Å². The lowest BCUT2D eigenvalue weighted by Gasteiger charge is -2.20. The third kappa shape index (κ3) is 3.53. The maximum atomic E-state index is 13.1. The van der Waals surface area contributed by atoms with E-state index in [1.54, 1.807) is 0 Å². The molecule has 0 aliphatic heterocycles. The molecule has 0 aromatic carbocycles. The quantitative estimate of drug-likeness (QED) is 0.531. The van der Waals surface area contributed by atoms with Gasteiger partial charge in [-0.3, -0.25) is 9.59 Å². The van der Waals surface area contributed by atoms with E-state index in [-0.39, 0.29) is 0 Å². The fourth-order valence-corrected chi connectivity index (χ4v) is 1.06. The Morgan fingerprint density at radius 3 is 1.62 bits per heavy atom. The predicted octanol–water partition coefficient (Wildman–Crippen LogP) is 2.06. The van der Waals surface area contributed by atoms with Crippen LogP contribution < -0.4 is 0 Å². The number of alkyl halides is 5. The minimum Gasteiger partial charge on any atom is -0.291 e. The summed E-state index contributed by atoms with van der Waals surface area (Å²) in [6, 6.07) is 0. The standard InChI is InChI=1S/C9H11F5O2/c1-3(8(16)4(2)15)5(10)6(11)7(12)9(13)14/h3,5-7,9H,1-2H3. The first-order valence-electron chi connectivity index (χ1n) is 4.45. The van der Waals surface area contributed by atoms with Gasteiger partial charge in [0.05, 0.1) is 5.92 Å². The normalized spacial score (nSPS) is 19.0. The summed E-state index contributed by atoms with van der Waals surface area (Å²) in [5, 5.41) is 0. The summed E-state index contributed by atoms with van der Waals surface area (Å²) in [7, 11) is 0. The van der Waals surface area contributed by atoms with Crippen molar-refractivity contribution in [3.8, 4) is 0 Å². The maximum Gasteiger partial charge on any atom is 0.272 e. The Labute approximate surface area is 88.8 Å². The first-order valence-corrected chi connectivity index (χ1v) is 4.45. The lowest BCUT2D eigenvalue weighted by atomic mass is 9.93. The summed E-state index contributed by atoms with van der Waals surface area (Å²) < 4.78 is 61.8. The molecule has 2 nitrogen and oxygen atoms in total. The van der Waals surface area contributed by atoms with Crippen LogP contribution in [0.2, 0.25) is 0 Å². The minimum atomic E-state index is -3.67. The summed E-state index contributed by atoms with van der Waals surface area (Å²) in [4.78, 5) is 21.5. The average Bonchev–Trinajstić information content (AvgIpc) is 2.23. The van der Waals surface area contributed by atoms with Crippen LogP contribution in [0.4, 0.5) is 22.0 Å². The molecule has 4 atom stereocenters. The molecule has 94 valence electrons. The van der Waals surface area contributed by atoms with Crippen LogP contribution in [0.25, 0.3) is 0 Å². The van der Waals surface area contributed by atoms with Gasteiger partial charge < -0.3 is 0 Å². The van der Waals surface area contributed by atoms with Crippen LogP contribution in [0.5, 0.6) is 0 Å². The van der Waals surface area contributed by atoms with Gasteiger partial charge in [-0.25, -0.2) is 22.0 Å². The second-order valence-corrected chi connectivity index (χ2v) is 3.38. The molecule has 0 saturated heterocycles. The number of hydrogen-bond acceptors (Lipinski definition) is 2. The Morgan fingerprint density at radius 1 is 0.875 bits per heavy atom. The maximum absolute atomic E-state index is 13.1. The molecule has 0 rings (SSSR count). The zero-order valence-corrected chi connectivity index (χ0v) is 8.59. The third-order valence-corrected chi connectivity index (χ3v) is 2.09. The number of halogens is 5. The highest BCUT2D eigenvalue weighted by Crippen LogP contribution is 2.23. The molecule has 0 N–H and O–H groups in total. The molecule has 0 aliphatic carbocycles. The number of hydrogen-bond donors (Lipinski definition) is 0. The van der Waals surface area contributed by atoms with Gasteiger partial charge in [0, 0.05) is 6.92 Å². The summed E-state index contributed by atoms with van der Waals surface area (Å²) in [5.74, 6) is -4.06. The van der Waals surface area contributed by atoms with Gasteiger partial charge in [0.1, 0.15) is 6.17 Å². The van der Waals surface area contributed by atoms with E-state index in [0.717, 1.165) is 13.8 Å². The fourth-order valence-electron chi connectivity index (χ4n) is 1.06. The van der Waals surface area contributed by atoms with Gasteiger partial charge in [-0.1, -0.05) is 6.92 Å². The molecular formula is C9H11F5O2. The Balaban J connectivity index is 4.60. The molecule has 4 unspecified atom stereocenters. The molecule has 0 amide bonds. The Hall–Kier alpha value is -1.01. The van der Waals surface area contributed by atoms with E-state index in [1.165, 1.54) is 0 Å². The van der Waals surface area contributed by atoms with Crippen molar-refractivity contribution in [3.63, 3.8) is 0 Å². The van der Waals surface area contributed by atoms with E-state index in [9.17, 15) is 31.5 Å². The zero-order valence-electron chi connectivity index (χ0n) is 8.59. The van der Waals surface area contributed by atoms with Crippen LogP contribution in [0.3, 0.4) is 0 Å². The van der Waals surface area contributed by atoms with E-state index in [0.29, 0.717) is 0 Å². The highest BCUT2D eigenvalue weighted by molar-refractivity contribution is 6.37. The number of Topliss-reactive ketones (excluding diaryl/α,β-unsaturated/α-hetero) is 2. The third-order valence-electron chi connectivity index (χ3n) is 2.09. The highest BCUT2D eigenvalue weighted by Gasteiger charge is 2.41. The second-order valence-electron chi connectivity index (χ2n) is 3.38. The van der Waals surface area contributed by atoms with Crippen molar-refractivity contribution in [1.82, 2.24) is 0 Å². The van der Waals surface area contributed by atoms with Gasteiger partial charge in [-0.15, -0.1) is 0 Å². The predicted molar refractivity (Wildman–Crippen MR) is 45.5 cm³/mol. The van der Waals surface area contributed by atoms with Crippen LogP contribution in [-0.4, -0.2) is 36.5 Å². The van der Waals surface area contributed by atoms with Gasteiger partial charge in [-0.2, -0.15) is 0 Å². The van der Waals surface area contributed by atoms with Gasteiger partial charge >= 0.3 is 0 Å². The summed E-state index contributed by atoms with van der Waals surface area (Å²) in [5.41, 5.74) is 0. The van der Waals surface area contributed by atoms with Crippen LogP contribution >= 0.6 is 0 Å². The summed E-state index contributed by atoms with van der Waals surface area (Å²) in [6.07, 6.45) is -12.9. The Morgan fingerprint density at radius 2 is 1.31 bits per heavy atom. The first kappa shape index (κ1) is 15.0. The fraction of sp³-hybridized carbons (Fsp3) is 0.778. The average molecular weight is 246 g/mol. The van der Waals surface area contributed by atoms with Gasteiger partial charge in [-0.05, 0) is 0 Å². The molecule has 0 aromatic heterocycles. The van der Waals surface area contributed by atoms with Gasteiger partial charge in [0.2, 0.25) is 5.78 Å². The number of carbonyl (C=O) groups excluding carboxylic acids is 2. The van der Waals surface area contributed by atoms with Crippen LogP contribution in [-0.2, 0) is 9.59 Å². The molecule has 0 radical (unpaired) electrons. The Kier molecular flexibility index (Phi) is 5.53. The number of rotatable bonds is 6.